The molecule has 30 heavy (non-hydrogen) atoms. The first-order valence-corrected chi connectivity index (χ1v) is 12.4. The molecule has 1 nitrogen and oxygen atoms in total. The van der Waals surface area contributed by atoms with Gasteiger partial charge in [0.25, 0.3) is 0 Å². The van der Waals surface area contributed by atoms with E-state index in [1.54, 1.807) is 18.2 Å². The van der Waals surface area contributed by atoms with Crippen LogP contribution in [0.2, 0.25) is 10.0 Å². The lowest BCUT2D eigenvalue weighted by Gasteiger charge is -2.27. The predicted molar refractivity (Wildman–Crippen MR) is 131 cm³/mol. The summed E-state index contributed by atoms with van der Waals surface area (Å²) in [7, 11) is -2.28. The lowest BCUT2D eigenvalue weighted by molar-refractivity contribution is 0.102. The summed E-state index contributed by atoms with van der Waals surface area (Å²) in [4.78, 5) is 13.7. The molecule has 0 amide bonds. The van der Waals surface area contributed by atoms with Gasteiger partial charge < -0.3 is 0 Å². The van der Waals surface area contributed by atoms with Gasteiger partial charge in [-0.2, -0.15) is 0 Å². The van der Waals surface area contributed by atoms with Crippen molar-refractivity contribution < 1.29 is 4.79 Å². The number of rotatable bonds is 6. The Hall–Kier alpha value is -2.44. The third-order valence-corrected chi connectivity index (χ3v) is 10.1. The molecule has 0 atom stereocenters. The molecule has 4 heteroatoms. The summed E-state index contributed by atoms with van der Waals surface area (Å²) in [5.41, 5.74) is 0.396. The zero-order chi connectivity index (χ0) is 21.0. The molecule has 4 aromatic carbocycles. The molecule has 0 aliphatic carbocycles. The maximum atomic E-state index is 13.7. The van der Waals surface area contributed by atoms with Gasteiger partial charge in [-0.1, -0.05) is 83.9 Å². The minimum absolute atomic E-state index is 0.0458. The van der Waals surface area contributed by atoms with Crippen molar-refractivity contribution >= 4 is 52.2 Å². The quantitative estimate of drug-likeness (QED) is 0.254. The highest BCUT2D eigenvalue weighted by Gasteiger charge is 2.47. The van der Waals surface area contributed by atoms with Crippen LogP contribution in [0.15, 0.2) is 109 Å². The van der Waals surface area contributed by atoms with Crippen LogP contribution < -0.4 is 15.9 Å². The highest BCUT2D eigenvalue weighted by atomic mass is 35.5. The Bertz CT molecular complexity index is 1030. The zero-order valence-electron chi connectivity index (χ0n) is 16.2. The van der Waals surface area contributed by atoms with E-state index in [4.69, 9.17) is 23.2 Å². The van der Waals surface area contributed by atoms with Crippen LogP contribution in [0.25, 0.3) is 0 Å². The normalized spacial score (nSPS) is 11.3. The zero-order valence-corrected chi connectivity index (χ0v) is 18.6. The Morgan fingerprint density at radius 3 is 1.30 bits per heavy atom. The van der Waals surface area contributed by atoms with Crippen LogP contribution in [-0.2, 0) is 0 Å². The van der Waals surface area contributed by atoms with Crippen molar-refractivity contribution in [2.45, 2.75) is 0 Å². The summed E-state index contributed by atoms with van der Waals surface area (Å²) in [5, 5.41) is 4.23. The van der Waals surface area contributed by atoms with Gasteiger partial charge in [-0.05, 0) is 48.5 Å². The highest BCUT2D eigenvalue weighted by Crippen LogP contribution is 2.55. The Morgan fingerprint density at radius 1 is 0.567 bits per heavy atom. The van der Waals surface area contributed by atoms with Gasteiger partial charge in [-0.15, -0.1) is 0 Å². The average molecular weight is 450 g/mol. The van der Waals surface area contributed by atoms with E-state index in [1.807, 2.05) is 54.6 Å². The third kappa shape index (κ3) is 3.94. The molecule has 0 N–H and O–H groups in total. The van der Waals surface area contributed by atoms with Gasteiger partial charge in [0.2, 0.25) is 5.78 Å². The number of benzene rings is 4. The van der Waals surface area contributed by atoms with E-state index in [-0.39, 0.29) is 5.78 Å². The van der Waals surface area contributed by atoms with E-state index >= 15 is 0 Å². The third-order valence-electron chi connectivity index (χ3n) is 5.21. The molecule has 0 aliphatic rings. The van der Waals surface area contributed by atoms with E-state index in [0.29, 0.717) is 21.8 Å². The largest absolute Gasteiger partial charge is 0.290 e. The summed E-state index contributed by atoms with van der Waals surface area (Å²) in [5.74, 6) is -0.0458. The predicted octanol–water partition coefficient (Wildman–Crippen LogP) is 6.17. The molecular weight excluding hydrogens is 430 g/mol. The highest BCUT2D eigenvalue weighted by molar-refractivity contribution is 7.96. The van der Waals surface area contributed by atoms with Gasteiger partial charge in [-0.3, -0.25) is 4.79 Å². The van der Waals surface area contributed by atoms with Crippen molar-refractivity contribution in [1.82, 2.24) is 0 Å². The second-order valence-corrected chi connectivity index (χ2v) is 11.3. The van der Waals surface area contributed by atoms with Crippen molar-refractivity contribution in [2.24, 2.45) is 0 Å². The van der Waals surface area contributed by atoms with Crippen LogP contribution in [0, 0.1) is 0 Å². The minimum Gasteiger partial charge on any atom is -0.290 e. The van der Waals surface area contributed by atoms with Crippen molar-refractivity contribution in [3.8, 4) is 0 Å². The molecule has 148 valence electrons. The molecule has 0 bridgehead atoms. The van der Waals surface area contributed by atoms with Crippen LogP contribution in [0.3, 0.4) is 0 Å². The number of ketones is 1. The molecule has 4 rings (SSSR count). The van der Waals surface area contributed by atoms with Gasteiger partial charge in [0.1, 0.15) is 29.3 Å². The van der Waals surface area contributed by atoms with Crippen LogP contribution in [0.1, 0.15) is 10.4 Å². The molecule has 0 saturated carbocycles. The van der Waals surface area contributed by atoms with Gasteiger partial charge in [-0.25, -0.2) is 0 Å². The number of carbonyl (C=O) groups excluding carboxylic acids is 1. The van der Waals surface area contributed by atoms with Crippen LogP contribution in [0.5, 0.6) is 0 Å². The number of hydrogen-bond donors (Lipinski definition) is 0. The van der Waals surface area contributed by atoms with Crippen molar-refractivity contribution in [3.63, 3.8) is 0 Å². The Morgan fingerprint density at radius 2 is 0.933 bits per heavy atom. The van der Waals surface area contributed by atoms with E-state index in [1.165, 1.54) is 0 Å². The van der Waals surface area contributed by atoms with Crippen molar-refractivity contribution in [3.05, 3.63) is 125 Å². The smallest absolute Gasteiger partial charge is 0.204 e. The first-order chi connectivity index (χ1) is 14.6. The van der Waals surface area contributed by atoms with Gasteiger partial charge in [0.05, 0.1) is 15.6 Å². The minimum atomic E-state index is -2.28. The lowest BCUT2D eigenvalue weighted by Crippen LogP contribution is -2.35. The second kappa shape index (κ2) is 9.14. The van der Waals surface area contributed by atoms with Gasteiger partial charge >= 0.3 is 0 Å². The molecule has 0 fully saturated rings. The standard InChI is InChI=1S/C26H20Cl2OP/c27-23-17-10-18-24(28)26(23)25(29)19-30(20-11-4-1-5-12-20,21-13-6-2-7-14-21)22-15-8-3-9-16-22/h1-18H,19H2/q+1. The SMILES string of the molecule is O=C(C[P+](c1ccccc1)(c1ccccc1)c1ccccc1)c1c(Cl)cccc1Cl. The summed E-state index contributed by atoms with van der Waals surface area (Å²) < 4.78 is 0. The molecule has 0 spiro atoms. The number of Topliss-reactive ketones (excluding diaryl/α,β-unsaturated/α-hetero) is 1. The fourth-order valence-corrected chi connectivity index (χ4v) is 8.51. The van der Waals surface area contributed by atoms with E-state index in [9.17, 15) is 4.79 Å². The lowest BCUT2D eigenvalue weighted by atomic mass is 10.1. The van der Waals surface area contributed by atoms with E-state index in [2.05, 4.69) is 36.4 Å². The van der Waals surface area contributed by atoms with Crippen LogP contribution in [0.4, 0.5) is 0 Å². The summed E-state index contributed by atoms with van der Waals surface area (Å²) >= 11 is 12.8. The summed E-state index contributed by atoms with van der Waals surface area (Å²) in [6, 6.07) is 36.1. The molecule has 4 aromatic rings. The topological polar surface area (TPSA) is 17.1 Å². The van der Waals surface area contributed by atoms with Crippen molar-refractivity contribution in [2.75, 3.05) is 6.16 Å². The maximum absolute atomic E-state index is 13.7. The second-order valence-electron chi connectivity index (χ2n) is 6.99. The monoisotopic (exact) mass is 449 g/mol. The Labute approximate surface area is 187 Å². The summed E-state index contributed by atoms with van der Waals surface area (Å²) in [6.07, 6.45) is 0.314. The Balaban J connectivity index is 1.97. The fourth-order valence-electron chi connectivity index (χ4n) is 3.83. The molecule has 0 aliphatic heterocycles. The Kier molecular flexibility index (Phi) is 6.35. The van der Waals surface area contributed by atoms with E-state index < -0.39 is 7.26 Å². The first kappa shape index (κ1) is 20.8. The summed E-state index contributed by atoms with van der Waals surface area (Å²) in [6.45, 7) is 0. The number of carbonyl (C=O) groups is 1. The van der Waals surface area contributed by atoms with Gasteiger partial charge in [0, 0.05) is 0 Å². The van der Waals surface area contributed by atoms with Crippen molar-refractivity contribution in [1.29, 1.82) is 0 Å². The van der Waals surface area contributed by atoms with E-state index in [0.717, 1.165) is 15.9 Å². The number of hydrogen-bond acceptors (Lipinski definition) is 1. The molecular formula is C26H20Cl2OP+. The van der Waals surface area contributed by atoms with Crippen LogP contribution >= 0.6 is 30.5 Å². The molecule has 0 aromatic heterocycles. The number of halogens is 2. The molecule has 0 saturated heterocycles. The molecule has 0 unspecified atom stereocenters. The molecule has 0 radical (unpaired) electrons. The fraction of sp³-hybridized carbons (Fsp3) is 0.0385. The maximum Gasteiger partial charge on any atom is 0.204 e. The van der Waals surface area contributed by atoms with Gasteiger partial charge in [0.15, 0.2) is 0 Å². The average Bonchev–Trinajstić information content (AvgIpc) is 2.79. The molecule has 0 heterocycles. The first-order valence-electron chi connectivity index (χ1n) is 9.65. The van der Waals surface area contributed by atoms with Crippen LogP contribution in [-0.4, -0.2) is 11.9 Å².